The van der Waals surface area contributed by atoms with E-state index in [4.69, 9.17) is 4.52 Å². The van der Waals surface area contributed by atoms with Crippen LogP contribution < -0.4 is 5.32 Å². The van der Waals surface area contributed by atoms with Gasteiger partial charge in [-0.15, -0.1) is 0 Å². The second kappa shape index (κ2) is 4.08. The van der Waals surface area contributed by atoms with Gasteiger partial charge >= 0.3 is 0 Å². The largest absolute Gasteiger partial charge is 0.359 e. The lowest BCUT2D eigenvalue weighted by Crippen LogP contribution is -2.02. The number of nitrogens with one attached hydrogen (secondary N) is 1. The molecule has 0 fully saturated rings. The zero-order chi connectivity index (χ0) is 10.7. The van der Waals surface area contributed by atoms with E-state index < -0.39 is 0 Å². The van der Waals surface area contributed by atoms with E-state index in [9.17, 15) is 0 Å². The van der Waals surface area contributed by atoms with Crippen LogP contribution in [0, 0.1) is 13.8 Å². The molecule has 0 aliphatic heterocycles. The first-order valence-corrected chi connectivity index (χ1v) is 4.69. The Bertz CT molecular complexity index is 435. The van der Waals surface area contributed by atoms with Gasteiger partial charge in [0.05, 0.1) is 12.2 Å². The fourth-order valence-corrected chi connectivity index (χ4v) is 1.15. The maximum atomic E-state index is 5.04. The Labute approximate surface area is 87.5 Å². The monoisotopic (exact) mass is 204 g/mol. The average Bonchev–Trinajstić information content (AvgIpc) is 2.64. The Hall–Kier alpha value is -1.91. The minimum atomic E-state index is 0.546. The predicted molar refractivity (Wildman–Crippen MR) is 55.3 cm³/mol. The molecule has 2 aromatic rings. The molecule has 0 amide bonds. The fourth-order valence-electron chi connectivity index (χ4n) is 1.15. The molecule has 5 nitrogen and oxygen atoms in total. The summed E-state index contributed by atoms with van der Waals surface area (Å²) in [6, 6.07) is 1.88. The van der Waals surface area contributed by atoms with Gasteiger partial charge in [0.15, 0.2) is 5.76 Å². The second-order valence-corrected chi connectivity index (χ2v) is 3.37. The van der Waals surface area contributed by atoms with Crippen molar-refractivity contribution in [2.45, 2.75) is 20.4 Å². The summed E-state index contributed by atoms with van der Waals surface area (Å²) in [6.45, 7) is 4.38. The molecule has 15 heavy (non-hydrogen) atoms. The van der Waals surface area contributed by atoms with Gasteiger partial charge in [-0.25, -0.2) is 9.97 Å². The summed E-state index contributed by atoms with van der Waals surface area (Å²) in [5.41, 5.74) is 1.91. The van der Waals surface area contributed by atoms with Gasteiger partial charge in [0.2, 0.25) is 5.95 Å². The lowest BCUT2D eigenvalue weighted by Gasteiger charge is -2.00. The number of nitrogens with zero attached hydrogens (tertiary/aromatic N) is 3. The van der Waals surface area contributed by atoms with Crippen LogP contribution in [-0.2, 0) is 6.54 Å². The third-order valence-corrected chi connectivity index (χ3v) is 1.88. The topological polar surface area (TPSA) is 63.8 Å². The van der Waals surface area contributed by atoms with Crippen LogP contribution in [0.1, 0.15) is 17.0 Å². The van der Waals surface area contributed by atoms with Gasteiger partial charge < -0.3 is 9.84 Å². The van der Waals surface area contributed by atoms with Crippen molar-refractivity contribution in [1.29, 1.82) is 0 Å². The molecular formula is C10H12N4O. The highest BCUT2D eigenvalue weighted by molar-refractivity contribution is 5.25. The Balaban J connectivity index is 1.96. The molecule has 5 heteroatoms. The molecule has 0 aliphatic rings. The van der Waals surface area contributed by atoms with E-state index >= 15 is 0 Å². The summed E-state index contributed by atoms with van der Waals surface area (Å²) in [7, 11) is 0. The van der Waals surface area contributed by atoms with Crippen molar-refractivity contribution in [1.82, 2.24) is 15.1 Å². The van der Waals surface area contributed by atoms with Crippen LogP contribution in [0.4, 0.5) is 5.95 Å². The first-order valence-electron chi connectivity index (χ1n) is 4.69. The molecule has 0 bridgehead atoms. The molecule has 0 radical (unpaired) electrons. The van der Waals surface area contributed by atoms with E-state index in [1.54, 1.807) is 12.4 Å². The van der Waals surface area contributed by atoms with Crippen molar-refractivity contribution in [3.05, 3.63) is 35.5 Å². The lowest BCUT2D eigenvalue weighted by molar-refractivity contribution is 0.384. The zero-order valence-electron chi connectivity index (χ0n) is 8.69. The van der Waals surface area contributed by atoms with Gasteiger partial charge in [0.1, 0.15) is 0 Å². The molecular weight excluding hydrogens is 192 g/mol. The molecule has 0 aliphatic carbocycles. The Kier molecular flexibility index (Phi) is 2.62. The van der Waals surface area contributed by atoms with Gasteiger partial charge in [-0.1, -0.05) is 5.16 Å². The van der Waals surface area contributed by atoms with Crippen molar-refractivity contribution in [2.24, 2.45) is 0 Å². The third-order valence-electron chi connectivity index (χ3n) is 1.88. The van der Waals surface area contributed by atoms with Crippen LogP contribution in [-0.4, -0.2) is 15.1 Å². The summed E-state index contributed by atoms with van der Waals surface area (Å²) in [4.78, 5) is 8.23. The normalized spacial score (nSPS) is 10.3. The maximum Gasteiger partial charge on any atom is 0.222 e. The van der Waals surface area contributed by atoms with E-state index in [0.717, 1.165) is 17.0 Å². The summed E-state index contributed by atoms with van der Waals surface area (Å²) in [5, 5.41) is 6.83. The zero-order valence-corrected chi connectivity index (χ0v) is 8.69. The summed E-state index contributed by atoms with van der Waals surface area (Å²) in [6.07, 6.45) is 3.53. The minimum Gasteiger partial charge on any atom is -0.359 e. The lowest BCUT2D eigenvalue weighted by atomic mass is 10.4. The number of hydrogen-bond donors (Lipinski definition) is 1. The number of anilines is 1. The summed E-state index contributed by atoms with van der Waals surface area (Å²) < 4.78 is 5.04. The molecule has 1 N–H and O–H groups in total. The van der Waals surface area contributed by atoms with E-state index in [-0.39, 0.29) is 0 Å². The van der Waals surface area contributed by atoms with E-state index in [0.29, 0.717) is 12.5 Å². The molecule has 0 atom stereocenters. The van der Waals surface area contributed by atoms with Gasteiger partial charge in [-0.05, 0) is 19.4 Å². The Morgan fingerprint density at radius 2 is 2.00 bits per heavy atom. The average molecular weight is 204 g/mol. The molecule has 2 heterocycles. The fraction of sp³-hybridized carbons (Fsp3) is 0.300. The molecule has 78 valence electrons. The molecule has 0 aromatic carbocycles. The quantitative estimate of drug-likeness (QED) is 0.824. The van der Waals surface area contributed by atoms with Crippen molar-refractivity contribution >= 4 is 5.95 Å². The highest BCUT2D eigenvalue weighted by Gasteiger charge is 2.01. The molecule has 2 aromatic heterocycles. The molecule has 0 saturated heterocycles. The maximum absolute atomic E-state index is 5.04. The van der Waals surface area contributed by atoms with Crippen LogP contribution in [0.5, 0.6) is 0 Å². The van der Waals surface area contributed by atoms with E-state index in [1.807, 2.05) is 19.9 Å². The van der Waals surface area contributed by atoms with Crippen molar-refractivity contribution in [3.63, 3.8) is 0 Å². The Morgan fingerprint density at radius 3 is 2.60 bits per heavy atom. The highest BCUT2D eigenvalue weighted by Crippen LogP contribution is 2.05. The second-order valence-electron chi connectivity index (χ2n) is 3.37. The number of rotatable bonds is 3. The van der Waals surface area contributed by atoms with Crippen LogP contribution >= 0.6 is 0 Å². The van der Waals surface area contributed by atoms with Crippen molar-refractivity contribution in [3.8, 4) is 0 Å². The SMILES string of the molecule is Cc1cnc(NCc2cc(C)no2)nc1. The van der Waals surface area contributed by atoms with Crippen molar-refractivity contribution in [2.75, 3.05) is 5.32 Å². The van der Waals surface area contributed by atoms with Gasteiger partial charge in [-0.3, -0.25) is 0 Å². The van der Waals surface area contributed by atoms with Crippen LogP contribution in [0.25, 0.3) is 0 Å². The van der Waals surface area contributed by atoms with E-state index in [2.05, 4.69) is 20.4 Å². The first-order chi connectivity index (χ1) is 7.24. The van der Waals surface area contributed by atoms with Crippen molar-refractivity contribution < 1.29 is 4.52 Å². The smallest absolute Gasteiger partial charge is 0.222 e. The van der Waals surface area contributed by atoms with Gasteiger partial charge in [0.25, 0.3) is 0 Å². The number of aryl methyl sites for hydroxylation is 2. The number of hydrogen-bond acceptors (Lipinski definition) is 5. The molecule has 0 spiro atoms. The predicted octanol–water partition coefficient (Wildman–Crippen LogP) is 1.69. The van der Waals surface area contributed by atoms with Gasteiger partial charge in [-0.2, -0.15) is 0 Å². The highest BCUT2D eigenvalue weighted by atomic mass is 16.5. The Morgan fingerprint density at radius 1 is 1.27 bits per heavy atom. The summed E-state index contributed by atoms with van der Waals surface area (Å²) in [5.74, 6) is 1.37. The van der Waals surface area contributed by atoms with Crippen LogP contribution in [0.15, 0.2) is 23.0 Å². The van der Waals surface area contributed by atoms with E-state index in [1.165, 1.54) is 0 Å². The van der Waals surface area contributed by atoms with Gasteiger partial charge in [0, 0.05) is 18.5 Å². The van der Waals surface area contributed by atoms with Crippen LogP contribution in [0.2, 0.25) is 0 Å². The summed E-state index contributed by atoms with van der Waals surface area (Å²) >= 11 is 0. The standard InChI is InChI=1S/C10H12N4O/c1-7-4-11-10(12-5-7)13-6-9-3-8(2)14-15-9/h3-5H,6H2,1-2H3,(H,11,12,13). The third kappa shape index (κ3) is 2.52. The first kappa shape index (κ1) is 9.64. The molecule has 0 saturated carbocycles. The van der Waals surface area contributed by atoms with Crippen LogP contribution in [0.3, 0.4) is 0 Å². The molecule has 2 rings (SSSR count). The number of aromatic nitrogens is 3. The molecule has 0 unspecified atom stereocenters. The minimum absolute atomic E-state index is 0.546.